The standard InChI is InChI=1S/C13H28BO7P/c1-6-13(4,21-22(17,18)12(2,3)16)7-8-9(15)10(19-5)11(14)20-8/h8-11,15-16H,6-7,14H2,1-5H3,(H,17,18)/t8-,9-,10-,11-,13?/m1/s1. The molecule has 9 heteroatoms. The van der Waals surface area contributed by atoms with Crippen LogP contribution in [0.3, 0.4) is 0 Å². The minimum absolute atomic E-state index is 0.218. The first-order chi connectivity index (χ1) is 9.87. The predicted molar refractivity (Wildman–Crippen MR) is 84.5 cm³/mol. The molecule has 2 unspecified atom stereocenters. The summed E-state index contributed by atoms with van der Waals surface area (Å²) in [5.41, 5.74) is -1.02. The Labute approximate surface area is 132 Å². The van der Waals surface area contributed by atoms with E-state index in [1.54, 1.807) is 14.8 Å². The molecule has 22 heavy (non-hydrogen) atoms. The molecule has 1 rings (SSSR count). The lowest BCUT2D eigenvalue weighted by molar-refractivity contribution is -0.0447. The van der Waals surface area contributed by atoms with Crippen molar-refractivity contribution in [1.82, 2.24) is 0 Å². The molecule has 0 amide bonds. The van der Waals surface area contributed by atoms with Crippen molar-refractivity contribution < 1.29 is 33.7 Å². The molecule has 0 aromatic heterocycles. The van der Waals surface area contributed by atoms with Crippen LogP contribution >= 0.6 is 7.60 Å². The van der Waals surface area contributed by atoms with Crippen LogP contribution in [0.2, 0.25) is 0 Å². The van der Waals surface area contributed by atoms with Crippen molar-refractivity contribution in [2.45, 2.75) is 75.8 Å². The normalized spacial score (nSPS) is 35.1. The molecule has 0 aromatic carbocycles. The summed E-state index contributed by atoms with van der Waals surface area (Å²) in [6.45, 7) is 5.94. The van der Waals surface area contributed by atoms with Crippen LogP contribution in [0.15, 0.2) is 0 Å². The topological polar surface area (TPSA) is 105 Å². The van der Waals surface area contributed by atoms with Gasteiger partial charge in [-0.3, -0.25) is 4.57 Å². The summed E-state index contributed by atoms with van der Waals surface area (Å²) in [7, 11) is -0.939. The molecular formula is C13H28BO7P. The maximum atomic E-state index is 12.2. The lowest BCUT2D eigenvalue weighted by Crippen LogP contribution is -2.40. The van der Waals surface area contributed by atoms with Crippen molar-refractivity contribution in [3.05, 3.63) is 0 Å². The minimum atomic E-state index is -4.24. The van der Waals surface area contributed by atoms with E-state index in [0.717, 1.165) is 0 Å². The number of aliphatic hydroxyl groups is 2. The summed E-state index contributed by atoms with van der Waals surface area (Å²) in [5, 5.41) is 18.2. The summed E-state index contributed by atoms with van der Waals surface area (Å²) in [5.74, 6) is 0. The first-order valence-electron chi connectivity index (χ1n) is 7.49. The third kappa shape index (κ3) is 4.32. The van der Waals surface area contributed by atoms with Gasteiger partial charge in [-0.1, -0.05) is 6.92 Å². The zero-order valence-corrected chi connectivity index (χ0v) is 15.0. The van der Waals surface area contributed by atoms with Crippen molar-refractivity contribution in [3.63, 3.8) is 0 Å². The molecule has 0 bridgehead atoms. The van der Waals surface area contributed by atoms with Crippen molar-refractivity contribution in [3.8, 4) is 0 Å². The maximum Gasteiger partial charge on any atom is 0.359 e. The molecule has 1 saturated heterocycles. The van der Waals surface area contributed by atoms with E-state index < -0.39 is 36.9 Å². The van der Waals surface area contributed by atoms with Crippen LogP contribution < -0.4 is 0 Å². The van der Waals surface area contributed by atoms with Crippen LogP contribution in [-0.2, 0) is 18.6 Å². The summed E-state index contributed by atoms with van der Waals surface area (Å²) >= 11 is 0. The Morgan fingerprint density at radius 1 is 1.36 bits per heavy atom. The van der Waals surface area contributed by atoms with Crippen molar-refractivity contribution in [2.24, 2.45) is 0 Å². The number of ether oxygens (including phenoxy) is 2. The molecule has 0 aliphatic carbocycles. The Bertz CT molecular complexity index is 427. The van der Waals surface area contributed by atoms with E-state index >= 15 is 0 Å². The SMILES string of the molecule is B[C@@H]1O[C@H](CC(C)(CC)OP(=O)(O)C(C)(C)O)[C@@H](O)[C@H]1OC. The molecule has 1 fully saturated rings. The van der Waals surface area contributed by atoms with Crippen molar-refractivity contribution >= 4 is 15.4 Å². The lowest BCUT2D eigenvalue weighted by atomic mass is 9.89. The smallest absolute Gasteiger partial charge is 0.359 e. The van der Waals surface area contributed by atoms with E-state index in [0.29, 0.717) is 6.42 Å². The van der Waals surface area contributed by atoms with Gasteiger partial charge in [-0.25, -0.2) is 0 Å². The molecule has 1 aliphatic heterocycles. The van der Waals surface area contributed by atoms with E-state index in [9.17, 15) is 19.7 Å². The fraction of sp³-hybridized carbons (Fsp3) is 1.00. The van der Waals surface area contributed by atoms with E-state index in [2.05, 4.69) is 0 Å². The zero-order valence-electron chi connectivity index (χ0n) is 14.1. The Morgan fingerprint density at radius 3 is 2.27 bits per heavy atom. The average molecular weight is 338 g/mol. The van der Waals surface area contributed by atoms with Gasteiger partial charge in [0.25, 0.3) is 0 Å². The molecule has 6 atom stereocenters. The fourth-order valence-corrected chi connectivity index (χ4v) is 3.53. The third-order valence-electron chi connectivity index (χ3n) is 4.26. The second kappa shape index (κ2) is 6.89. The highest BCUT2D eigenvalue weighted by molar-refractivity contribution is 7.54. The lowest BCUT2D eigenvalue weighted by Gasteiger charge is -2.36. The monoisotopic (exact) mass is 338 g/mol. The second-order valence-corrected chi connectivity index (χ2v) is 9.00. The second-order valence-electron chi connectivity index (χ2n) is 6.68. The molecule has 0 saturated carbocycles. The van der Waals surface area contributed by atoms with Crippen molar-refractivity contribution in [2.75, 3.05) is 7.11 Å². The van der Waals surface area contributed by atoms with Crippen LogP contribution in [0, 0.1) is 0 Å². The number of methoxy groups -OCH3 is 1. The molecule has 0 radical (unpaired) electrons. The first kappa shape index (κ1) is 20.1. The number of hydrogen-bond donors (Lipinski definition) is 3. The van der Waals surface area contributed by atoms with Gasteiger partial charge in [-0.05, 0) is 27.2 Å². The maximum absolute atomic E-state index is 12.2. The molecule has 1 aliphatic rings. The summed E-state index contributed by atoms with van der Waals surface area (Å²) in [6, 6.07) is -0.277. The Morgan fingerprint density at radius 2 is 1.91 bits per heavy atom. The minimum Gasteiger partial charge on any atom is -0.388 e. The molecule has 1 heterocycles. The Hall–Kier alpha value is 0.0549. The highest BCUT2D eigenvalue weighted by Crippen LogP contribution is 2.57. The predicted octanol–water partition coefficient (Wildman–Crippen LogP) is 0.209. The number of rotatable bonds is 7. The molecule has 0 aromatic rings. The van der Waals surface area contributed by atoms with Gasteiger partial charge < -0.3 is 29.1 Å². The van der Waals surface area contributed by atoms with E-state index in [4.69, 9.17) is 14.0 Å². The third-order valence-corrected chi connectivity index (χ3v) is 6.33. The average Bonchev–Trinajstić information content (AvgIpc) is 2.61. The van der Waals surface area contributed by atoms with Crippen LogP contribution in [0.4, 0.5) is 0 Å². The Kier molecular flexibility index (Phi) is 6.30. The van der Waals surface area contributed by atoms with Gasteiger partial charge in [0.2, 0.25) is 0 Å². The Balaban J connectivity index is 2.86. The van der Waals surface area contributed by atoms with Crippen molar-refractivity contribution in [1.29, 1.82) is 0 Å². The quantitative estimate of drug-likeness (QED) is 0.450. The van der Waals surface area contributed by atoms with Crippen LogP contribution in [0.5, 0.6) is 0 Å². The number of aliphatic hydroxyl groups excluding tert-OH is 1. The summed E-state index contributed by atoms with van der Waals surface area (Å²) < 4.78 is 28.5. The molecule has 0 spiro atoms. The highest BCUT2D eigenvalue weighted by atomic mass is 31.2. The van der Waals surface area contributed by atoms with E-state index in [-0.39, 0.29) is 12.4 Å². The van der Waals surface area contributed by atoms with Gasteiger partial charge >= 0.3 is 7.60 Å². The summed E-state index contributed by atoms with van der Waals surface area (Å²) in [4.78, 5) is 9.96. The van der Waals surface area contributed by atoms with Gasteiger partial charge in [0, 0.05) is 13.5 Å². The first-order valence-corrected chi connectivity index (χ1v) is 9.07. The molecular weight excluding hydrogens is 310 g/mol. The van der Waals surface area contributed by atoms with E-state index in [1.807, 2.05) is 6.92 Å². The zero-order chi connectivity index (χ0) is 17.3. The van der Waals surface area contributed by atoms with Gasteiger partial charge in [0.1, 0.15) is 20.1 Å². The molecule has 130 valence electrons. The number of hydrogen-bond acceptors (Lipinski definition) is 6. The van der Waals surface area contributed by atoms with Crippen LogP contribution in [-0.4, -0.2) is 65.3 Å². The molecule has 3 N–H and O–H groups in total. The van der Waals surface area contributed by atoms with Gasteiger partial charge in [0.15, 0.2) is 5.34 Å². The van der Waals surface area contributed by atoms with Crippen LogP contribution in [0.25, 0.3) is 0 Å². The largest absolute Gasteiger partial charge is 0.388 e. The van der Waals surface area contributed by atoms with Crippen LogP contribution in [0.1, 0.15) is 40.5 Å². The van der Waals surface area contributed by atoms with Gasteiger partial charge in [-0.15, -0.1) is 0 Å². The van der Waals surface area contributed by atoms with E-state index in [1.165, 1.54) is 21.0 Å². The summed E-state index contributed by atoms with van der Waals surface area (Å²) in [6.07, 6.45) is -1.20. The van der Waals surface area contributed by atoms with Gasteiger partial charge in [0.05, 0.1) is 17.7 Å². The molecule has 7 nitrogen and oxygen atoms in total. The highest BCUT2D eigenvalue weighted by Gasteiger charge is 2.48. The fourth-order valence-electron chi connectivity index (χ4n) is 2.50. The van der Waals surface area contributed by atoms with Gasteiger partial charge in [-0.2, -0.15) is 0 Å².